The van der Waals surface area contributed by atoms with Crippen LogP contribution < -0.4 is 0 Å². The molecule has 0 unspecified atom stereocenters. The van der Waals surface area contributed by atoms with Crippen molar-refractivity contribution >= 4 is 29.3 Å². The van der Waals surface area contributed by atoms with Crippen LogP contribution in [0.5, 0.6) is 0 Å². The van der Waals surface area contributed by atoms with Crippen LogP contribution in [0.4, 0.5) is 0 Å². The van der Waals surface area contributed by atoms with Gasteiger partial charge in [0.15, 0.2) is 0 Å². The Morgan fingerprint density at radius 2 is 1.52 bits per heavy atom. The monoisotopic (exact) mass is 396 g/mol. The van der Waals surface area contributed by atoms with Crippen LogP contribution in [0.25, 0.3) is 11.1 Å². The van der Waals surface area contributed by atoms with E-state index in [-0.39, 0.29) is 5.75 Å². The van der Waals surface area contributed by atoms with Crippen molar-refractivity contribution in [3.8, 4) is 11.1 Å². The first-order valence-electron chi connectivity index (χ1n) is 8.83. The summed E-state index contributed by atoms with van der Waals surface area (Å²) >= 11 is 7.75. The van der Waals surface area contributed by atoms with Crippen LogP contribution in [0, 0.1) is 0 Å². The van der Waals surface area contributed by atoms with E-state index in [1.807, 2.05) is 30.3 Å². The number of aliphatic carboxylic acids is 1. The number of halogens is 1. The number of rotatable bonds is 8. The van der Waals surface area contributed by atoms with Gasteiger partial charge >= 0.3 is 5.97 Å². The molecule has 0 aliphatic rings. The molecule has 4 heteroatoms. The molecule has 27 heavy (non-hydrogen) atoms. The molecule has 138 valence electrons. The van der Waals surface area contributed by atoms with Crippen LogP contribution in [-0.4, -0.2) is 16.8 Å². The first-order valence-corrected chi connectivity index (χ1v) is 10.4. The number of benzene rings is 3. The van der Waals surface area contributed by atoms with Crippen molar-refractivity contribution < 1.29 is 9.90 Å². The molecule has 0 saturated heterocycles. The Balaban J connectivity index is 1.61. The zero-order valence-electron chi connectivity index (χ0n) is 14.9. The van der Waals surface area contributed by atoms with Crippen molar-refractivity contribution in [2.75, 3.05) is 5.75 Å². The molecule has 0 radical (unpaired) electrons. The van der Waals surface area contributed by atoms with Crippen LogP contribution >= 0.6 is 23.4 Å². The zero-order valence-corrected chi connectivity index (χ0v) is 16.5. The molecule has 3 aromatic carbocycles. The third kappa shape index (κ3) is 5.88. The highest BCUT2D eigenvalue weighted by molar-refractivity contribution is 7.99. The number of carboxylic acids is 1. The molecule has 0 amide bonds. The number of carbonyl (C=O) groups is 1. The third-order valence-corrected chi connectivity index (χ3v) is 5.71. The van der Waals surface area contributed by atoms with Gasteiger partial charge in [-0.25, -0.2) is 0 Å². The maximum Gasteiger partial charge on any atom is 0.313 e. The van der Waals surface area contributed by atoms with Gasteiger partial charge in [0.1, 0.15) is 0 Å². The van der Waals surface area contributed by atoms with Crippen molar-refractivity contribution in [3.63, 3.8) is 0 Å². The van der Waals surface area contributed by atoms with Gasteiger partial charge in [0.2, 0.25) is 0 Å². The maximum atomic E-state index is 10.6. The first-order chi connectivity index (χ1) is 13.1. The van der Waals surface area contributed by atoms with E-state index >= 15 is 0 Å². The highest BCUT2D eigenvalue weighted by Gasteiger charge is 2.05. The third-order valence-electron chi connectivity index (χ3n) is 4.35. The summed E-state index contributed by atoms with van der Waals surface area (Å²) in [6, 6.07) is 25.0. The number of hydrogen-bond acceptors (Lipinski definition) is 2. The van der Waals surface area contributed by atoms with E-state index in [4.69, 9.17) is 16.7 Å². The number of carboxylic acid groups (broad SMARTS) is 1. The van der Waals surface area contributed by atoms with Gasteiger partial charge in [-0.1, -0.05) is 78.3 Å². The fraction of sp³-hybridized carbons (Fsp3) is 0.174. The normalized spacial score (nSPS) is 10.7. The van der Waals surface area contributed by atoms with Gasteiger partial charge in [0.25, 0.3) is 0 Å². The Kier molecular flexibility index (Phi) is 6.97. The lowest BCUT2D eigenvalue weighted by Crippen LogP contribution is -1.99. The minimum Gasteiger partial charge on any atom is -0.481 e. The lowest BCUT2D eigenvalue weighted by atomic mass is 10.00. The van der Waals surface area contributed by atoms with Crippen molar-refractivity contribution in [2.24, 2.45) is 0 Å². The van der Waals surface area contributed by atoms with Gasteiger partial charge in [0, 0.05) is 10.8 Å². The van der Waals surface area contributed by atoms with Crippen LogP contribution in [0.15, 0.2) is 72.8 Å². The fourth-order valence-electron chi connectivity index (χ4n) is 2.94. The highest BCUT2D eigenvalue weighted by atomic mass is 35.5. The van der Waals surface area contributed by atoms with Crippen LogP contribution in [0.2, 0.25) is 5.02 Å². The Labute approximate surface area is 169 Å². The van der Waals surface area contributed by atoms with Crippen molar-refractivity contribution in [3.05, 3.63) is 94.5 Å². The highest BCUT2D eigenvalue weighted by Crippen LogP contribution is 2.24. The van der Waals surface area contributed by atoms with Crippen LogP contribution in [-0.2, 0) is 23.4 Å². The van der Waals surface area contributed by atoms with E-state index in [0.29, 0.717) is 5.75 Å². The number of thioether (sulfide) groups is 1. The summed E-state index contributed by atoms with van der Waals surface area (Å²) in [6.07, 6.45) is 1.78. The molecule has 0 bridgehead atoms. The summed E-state index contributed by atoms with van der Waals surface area (Å²) in [7, 11) is 0. The molecule has 3 rings (SSSR count). The standard InChI is InChI=1S/C23H21ClO2S/c24-22-13-9-18(15-27-16-23(25)26)14-21(22)12-8-17-6-10-20(11-7-17)19-4-2-1-3-5-19/h1-7,9-11,13-14H,8,12,15-16H2,(H,25,26). The second-order valence-corrected chi connectivity index (χ2v) is 7.77. The predicted octanol–water partition coefficient (Wildman–Crippen LogP) is 6.11. The summed E-state index contributed by atoms with van der Waals surface area (Å²) in [5.41, 5.74) is 5.93. The summed E-state index contributed by atoms with van der Waals surface area (Å²) in [5.74, 6) is 0.0154. The molecule has 1 N–H and O–H groups in total. The molecule has 0 heterocycles. The molecule has 0 aromatic heterocycles. The number of aryl methyl sites for hydroxylation is 2. The lowest BCUT2D eigenvalue weighted by molar-refractivity contribution is -0.133. The molecule has 0 atom stereocenters. The van der Waals surface area contributed by atoms with E-state index in [9.17, 15) is 4.79 Å². The first kappa shape index (κ1) is 19.5. The minimum atomic E-state index is -0.784. The molecule has 2 nitrogen and oxygen atoms in total. The summed E-state index contributed by atoms with van der Waals surface area (Å²) < 4.78 is 0. The van der Waals surface area contributed by atoms with Crippen LogP contribution in [0.1, 0.15) is 16.7 Å². The van der Waals surface area contributed by atoms with Gasteiger partial charge in [0.05, 0.1) is 5.75 Å². The van der Waals surface area contributed by atoms with E-state index in [1.54, 1.807) is 0 Å². The zero-order chi connectivity index (χ0) is 19.1. The van der Waals surface area contributed by atoms with Gasteiger partial charge in [-0.05, 0) is 46.7 Å². The molecule has 3 aromatic rings. The van der Waals surface area contributed by atoms with E-state index in [1.165, 1.54) is 28.5 Å². The molecule has 0 aliphatic carbocycles. The number of hydrogen-bond donors (Lipinski definition) is 1. The van der Waals surface area contributed by atoms with Gasteiger partial charge < -0.3 is 5.11 Å². The Bertz CT molecular complexity index is 892. The fourth-order valence-corrected chi connectivity index (χ4v) is 3.84. The predicted molar refractivity (Wildman–Crippen MR) is 115 cm³/mol. The van der Waals surface area contributed by atoms with Gasteiger partial charge in [-0.2, -0.15) is 0 Å². The van der Waals surface area contributed by atoms with Gasteiger partial charge in [-0.15, -0.1) is 11.8 Å². The quantitative estimate of drug-likeness (QED) is 0.499. The summed E-state index contributed by atoms with van der Waals surface area (Å²) in [5, 5.41) is 9.52. The molecular formula is C23H21ClO2S. The topological polar surface area (TPSA) is 37.3 Å². The second kappa shape index (κ2) is 9.63. The maximum absolute atomic E-state index is 10.6. The second-order valence-electron chi connectivity index (χ2n) is 6.38. The molecule has 0 fully saturated rings. The Hall–Kier alpha value is -2.23. The SMILES string of the molecule is O=C(O)CSCc1ccc(Cl)c(CCc2ccc(-c3ccccc3)cc2)c1. The average molecular weight is 397 g/mol. The summed E-state index contributed by atoms with van der Waals surface area (Å²) in [4.78, 5) is 10.6. The van der Waals surface area contributed by atoms with Gasteiger partial charge in [-0.3, -0.25) is 4.79 Å². The van der Waals surface area contributed by atoms with E-state index < -0.39 is 5.97 Å². The van der Waals surface area contributed by atoms with E-state index in [0.717, 1.165) is 29.0 Å². The van der Waals surface area contributed by atoms with Crippen molar-refractivity contribution in [1.82, 2.24) is 0 Å². The summed E-state index contributed by atoms with van der Waals surface area (Å²) in [6.45, 7) is 0. The molecule has 0 spiro atoms. The van der Waals surface area contributed by atoms with E-state index in [2.05, 4.69) is 42.5 Å². The smallest absolute Gasteiger partial charge is 0.313 e. The Morgan fingerprint density at radius 3 is 2.22 bits per heavy atom. The van der Waals surface area contributed by atoms with Crippen LogP contribution in [0.3, 0.4) is 0 Å². The van der Waals surface area contributed by atoms with Crippen molar-refractivity contribution in [1.29, 1.82) is 0 Å². The molecular weight excluding hydrogens is 376 g/mol. The largest absolute Gasteiger partial charge is 0.481 e. The molecule has 0 aliphatic heterocycles. The Morgan fingerprint density at radius 1 is 0.852 bits per heavy atom. The minimum absolute atomic E-state index is 0.117. The lowest BCUT2D eigenvalue weighted by Gasteiger charge is -2.09. The molecule has 0 saturated carbocycles. The van der Waals surface area contributed by atoms with Crippen molar-refractivity contribution in [2.45, 2.75) is 18.6 Å². The average Bonchev–Trinajstić information content (AvgIpc) is 2.69.